The van der Waals surface area contributed by atoms with Crippen LogP contribution >= 0.6 is 15.4 Å². The summed E-state index contributed by atoms with van der Waals surface area (Å²) in [6.07, 6.45) is -24.5. The fourth-order valence-corrected chi connectivity index (χ4v) is 11.4. The Labute approximate surface area is 495 Å². The normalized spacial score (nSPS) is 28.0. The SMILES string of the molecule is CO[C@H]1O[C@H](COP(=O)(O)OC[C@]2(CCP(=O)(O)OC[C@H]3O[C@@H](n4ccc(NC(C)=O)nc4=O)[C@H](OC(C)=O)[C@@H]3OC(C)=O)C[C@H](OC(C)=O)[C@@H](NC(C)=O)[C@H]([C@H](OC(C)=O)[C@@H](COC(C)=O)OC(C)=O)O2)[C@H](OC(C)=O)[C@H](OC(C)=O)[C@H]1OC(C)=O. The van der Waals surface area contributed by atoms with Crippen LogP contribution in [0, 0.1) is 0 Å². The Hall–Kier alpha value is -6.85. The van der Waals surface area contributed by atoms with Crippen LogP contribution in [0.25, 0.3) is 0 Å². The number of nitrogens with one attached hydrogen (secondary N) is 2. The number of methoxy groups -OCH3 is 1. The molecule has 87 heavy (non-hydrogen) atoms. The first-order valence-corrected chi connectivity index (χ1v) is 29.4. The average Bonchev–Trinajstić information content (AvgIpc) is 1.51. The number of amides is 2. The minimum absolute atomic E-state index is 0.191. The fraction of sp³-hybridized carbons (Fsp3) is 0.694. The number of phosphoric ester groups is 1. The summed E-state index contributed by atoms with van der Waals surface area (Å²) in [5.41, 5.74) is -3.54. The van der Waals surface area contributed by atoms with Crippen molar-refractivity contribution < 1.29 is 147 Å². The van der Waals surface area contributed by atoms with E-state index in [9.17, 15) is 76.5 Å². The highest BCUT2D eigenvalue weighted by Crippen LogP contribution is 2.51. The van der Waals surface area contributed by atoms with Gasteiger partial charge < -0.3 is 86.5 Å². The van der Waals surface area contributed by atoms with Crippen molar-refractivity contribution >= 4 is 86.8 Å². The molecule has 38 heteroatoms. The Bertz CT molecular complexity index is 2870. The molecule has 0 aliphatic carbocycles. The average molecular weight is 1290 g/mol. The van der Waals surface area contributed by atoms with E-state index in [1.807, 2.05) is 0 Å². The molecule has 17 atom stereocenters. The summed E-state index contributed by atoms with van der Waals surface area (Å²) >= 11 is 0. The third-order valence-electron chi connectivity index (χ3n) is 12.4. The van der Waals surface area contributed by atoms with Crippen LogP contribution in [0.1, 0.15) is 95.2 Å². The second-order valence-electron chi connectivity index (χ2n) is 19.7. The molecule has 1 aromatic rings. The van der Waals surface area contributed by atoms with Gasteiger partial charge in [-0.15, -0.1) is 0 Å². The largest absolute Gasteiger partial charge is 0.472 e. The molecule has 2 unspecified atom stereocenters. The topological polar surface area (TPSA) is 469 Å². The van der Waals surface area contributed by atoms with Gasteiger partial charge in [-0.1, -0.05) is 0 Å². The molecule has 0 saturated carbocycles. The summed E-state index contributed by atoms with van der Waals surface area (Å²) < 4.78 is 118. The zero-order valence-corrected chi connectivity index (χ0v) is 50.9. The molecule has 3 aliphatic rings. The number of phosphoric acid groups is 1. The highest BCUT2D eigenvalue weighted by Gasteiger charge is 2.58. The minimum Gasteiger partial charge on any atom is -0.462 e. The lowest BCUT2D eigenvalue weighted by Crippen LogP contribution is -2.68. The molecule has 3 aliphatic heterocycles. The molecular weight excluding hydrogens is 1220 g/mol. The molecule has 3 fully saturated rings. The van der Waals surface area contributed by atoms with Gasteiger partial charge in [-0.05, 0) is 12.5 Å². The zero-order valence-electron chi connectivity index (χ0n) is 49.1. The molecule has 4 N–H and O–H groups in total. The van der Waals surface area contributed by atoms with E-state index in [1.54, 1.807) is 0 Å². The van der Waals surface area contributed by atoms with Crippen molar-refractivity contribution in [3.8, 4) is 0 Å². The van der Waals surface area contributed by atoms with Gasteiger partial charge in [0.2, 0.25) is 11.8 Å². The van der Waals surface area contributed by atoms with Crippen LogP contribution < -0.4 is 16.3 Å². The fourth-order valence-electron chi connectivity index (χ4n) is 9.36. The molecular formula is C49H70N4O32P2. The van der Waals surface area contributed by atoms with Gasteiger partial charge in [-0.3, -0.25) is 70.9 Å². The van der Waals surface area contributed by atoms with Gasteiger partial charge in [0.15, 0.2) is 55.2 Å². The van der Waals surface area contributed by atoms with Gasteiger partial charge in [0.05, 0.1) is 37.6 Å². The Balaban J connectivity index is 1.85. The Morgan fingerprint density at radius 2 is 1.20 bits per heavy atom. The first-order chi connectivity index (χ1) is 40.4. The van der Waals surface area contributed by atoms with Crippen LogP contribution in [-0.4, -0.2) is 210 Å². The van der Waals surface area contributed by atoms with Crippen molar-refractivity contribution in [3.05, 3.63) is 22.7 Å². The van der Waals surface area contributed by atoms with E-state index in [4.69, 9.17) is 75.2 Å². The van der Waals surface area contributed by atoms with E-state index in [0.29, 0.717) is 0 Å². The number of esters is 9. The van der Waals surface area contributed by atoms with E-state index < -0.39 is 223 Å². The summed E-state index contributed by atoms with van der Waals surface area (Å²) in [7, 11) is -9.79. The number of rotatable bonds is 28. The first-order valence-electron chi connectivity index (χ1n) is 26.2. The standard InChI is InChI=1S/C49H70N4O32P2/c1-22(54)50-37-13-15-53(48(65)52-37)46-44(81-31(10)63)41(79-29(8)61)35(83-46)19-72-86(66,67)16-14-49(21-74-87(68,69)73-20-36-40(78-28(7)60)43(80-30(9)62)45(82-32(11)64)47(70-12)84-36)17-33(75-25(4)57)38(51-23(2)55)42(85-49)39(77-27(6)59)34(76-26(5)58)18-71-24(3)56/h13,15,33-36,38-47H,14,16-21H2,1-12H3,(H,51,55)(H,66,67)(H,68,69)(H,50,52,54,65)/t33-,34+,35+,36+,38+,39+,40-,41+,42+,43-,44+,45+,46+,47-,49-/m0/s1. The lowest BCUT2D eigenvalue weighted by atomic mass is 9.82. The summed E-state index contributed by atoms with van der Waals surface area (Å²) in [5.74, 6) is -10.7. The molecule has 36 nitrogen and oxygen atoms in total. The maximum atomic E-state index is 14.4. The van der Waals surface area contributed by atoms with E-state index in [2.05, 4.69) is 15.6 Å². The Morgan fingerprint density at radius 1 is 0.667 bits per heavy atom. The van der Waals surface area contributed by atoms with Gasteiger partial charge in [0.25, 0.3) is 0 Å². The van der Waals surface area contributed by atoms with E-state index in [0.717, 1.165) is 94.0 Å². The Kier molecular flexibility index (Phi) is 26.6. The quantitative estimate of drug-likeness (QED) is 0.0455. The number of carbonyl (C=O) groups excluding carboxylic acids is 11. The van der Waals surface area contributed by atoms with Crippen LogP contribution in [-0.2, 0) is 137 Å². The number of hydrogen-bond acceptors (Lipinski definition) is 31. The molecule has 3 saturated heterocycles. The smallest absolute Gasteiger partial charge is 0.462 e. The van der Waals surface area contributed by atoms with Crippen LogP contribution in [0.3, 0.4) is 0 Å². The first kappa shape index (κ1) is 72.6. The monoisotopic (exact) mass is 1290 g/mol. The van der Waals surface area contributed by atoms with Crippen molar-refractivity contribution in [2.24, 2.45) is 0 Å². The van der Waals surface area contributed by atoms with Crippen molar-refractivity contribution in [1.82, 2.24) is 14.9 Å². The Morgan fingerprint density at radius 3 is 1.71 bits per heavy atom. The molecule has 488 valence electrons. The molecule has 4 rings (SSSR count). The number of nitrogens with zero attached hydrogens (tertiary/aromatic N) is 2. The van der Waals surface area contributed by atoms with E-state index in [-0.39, 0.29) is 5.82 Å². The van der Waals surface area contributed by atoms with Gasteiger partial charge in [-0.25, -0.2) is 9.36 Å². The third kappa shape index (κ3) is 22.4. The number of ether oxygens (including phenoxy) is 13. The molecule has 0 spiro atoms. The van der Waals surface area contributed by atoms with Crippen LogP contribution in [0.4, 0.5) is 5.82 Å². The maximum absolute atomic E-state index is 14.4. The predicted molar refractivity (Wildman–Crippen MR) is 280 cm³/mol. The van der Waals surface area contributed by atoms with Crippen LogP contribution in [0.15, 0.2) is 17.1 Å². The number of aromatic nitrogens is 2. The summed E-state index contributed by atoms with van der Waals surface area (Å²) in [4.78, 5) is 177. The second-order valence-corrected chi connectivity index (χ2v) is 23.1. The molecule has 0 radical (unpaired) electrons. The summed E-state index contributed by atoms with van der Waals surface area (Å²) in [6, 6.07) is -0.503. The van der Waals surface area contributed by atoms with Crippen molar-refractivity contribution in [2.75, 3.05) is 45.0 Å². The number of carbonyl (C=O) groups is 11. The molecule has 0 bridgehead atoms. The van der Waals surface area contributed by atoms with Gasteiger partial charge in [0, 0.05) is 95.9 Å². The highest BCUT2D eigenvalue weighted by atomic mass is 31.2. The maximum Gasteiger partial charge on any atom is 0.472 e. The highest BCUT2D eigenvalue weighted by molar-refractivity contribution is 7.52. The van der Waals surface area contributed by atoms with Gasteiger partial charge in [0.1, 0.15) is 36.8 Å². The molecule has 4 heterocycles. The molecule has 0 aromatic carbocycles. The summed E-state index contributed by atoms with van der Waals surface area (Å²) in [5, 5.41) is 4.81. The minimum atomic E-state index is -5.65. The molecule has 1 aromatic heterocycles. The predicted octanol–water partition coefficient (Wildman–Crippen LogP) is -0.755. The molecule has 2 amide bonds. The van der Waals surface area contributed by atoms with Crippen molar-refractivity contribution in [1.29, 1.82) is 0 Å². The van der Waals surface area contributed by atoms with E-state index in [1.165, 1.54) is 6.07 Å². The van der Waals surface area contributed by atoms with Crippen molar-refractivity contribution in [2.45, 2.75) is 180 Å². The zero-order chi connectivity index (χ0) is 65.5. The van der Waals surface area contributed by atoms with E-state index >= 15 is 0 Å². The van der Waals surface area contributed by atoms with Gasteiger partial charge >= 0.3 is 74.8 Å². The summed E-state index contributed by atoms with van der Waals surface area (Å²) in [6.45, 7) is 6.36. The van der Waals surface area contributed by atoms with Crippen LogP contribution in [0.2, 0.25) is 0 Å². The lowest BCUT2D eigenvalue weighted by Gasteiger charge is -2.50. The number of hydrogen-bond donors (Lipinski definition) is 4. The van der Waals surface area contributed by atoms with Crippen LogP contribution in [0.5, 0.6) is 0 Å². The lowest BCUT2D eigenvalue weighted by molar-refractivity contribution is -0.301. The van der Waals surface area contributed by atoms with Gasteiger partial charge in [-0.2, -0.15) is 4.98 Å². The second kappa shape index (κ2) is 31.9. The number of anilines is 1. The third-order valence-corrected chi connectivity index (χ3v) is 14.6. The van der Waals surface area contributed by atoms with Crippen molar-refractivity contribution in [3.63, 3.8) is 0 Å².